The fourth-order valence-electron chi connectivity index (χ4n) is 2.78. The Balaban J connectivity index is 2.48. The van der Waals surface area contributed by atoms with Crippen LogP contribution in [0.5, 0.6) is 0 Å². The first kappa shape index (κ1) is 17.1. The SMILES string of the molecule is CCCCCC(OP(O)O)(c1ccccc1)c1ccccc1. The lowest BCUT2D eigenvalue weighted by atomic mass is 9.82. The molecule has 0 aliphatic heterocycles. The second kappa shape index (κ2) is 8.40. The largest absolute Gasteiger partial charge is 0.328 e. The Labute approximate surface area is 133 Å². The third kappa shape index (κ3) is 4.15. The van der Waals surface area contributed by atoms with Gasteiger partial charge in [0.25, 0.3) is 0 Å². The molecule has 2 rings (SSSR count). The molecule has 0 heterocycles. The summed E-state index contributed by atoms with van der Waals surface area (Å²) in [6.45, 7) is 2.15. The minimum Gasteiger partial charge on any atom is -0.328 e. The zero-order chi connectivity index (χ0) is 15.8. The van der Waals surface area contributed by atoms with Gasteiger partial charge in [-0.05, 0) is 24.0 Å². The molecule has 0 saturated heterocycles. The first-order chi connectivity index (χ1) is 10.7. The molecule has 0 radical (unpaired) electrons. The highest BCUT2D eigenvalue weighted by Gasteiger charge is 2.37. The Bertz CT molecular complexity index is 503. The predicted molar refractivity (Wildman–Crippen MR) is 90.2 cm³/mol. The van der Waals surface area contributed by atoms with Gasteiger partial charge in [0.2, 0.25) is 0 Å². The van der Waals surface area contributed by atoms with Crippen molar-refractivity contribution >= 4 is 8.60 Å². The lowest BCUT2D eigenvalue weighted by Gasteiger charge is -2.35. The Morgan fingerprint density at radius 3 is 1.77 bits per heavy atom. The summed E-state index contributed by atoms with van der Waals surface area (Å²) < 4.78 is 5.73. The molecule has 2 N–H and O–H groups in total. The normalized spacial score (nSPS) is 11.8. The number of hydrogen-bond acceptors (Lipinski definition) is 3. The highest BCUT2D eigenvalue weighted by molar-refractivity contribution is 7.39. The van der Waals surface area contributed by atoms with Gasteiger partial charge in [0, 0.05) is 0 Å². The van der Waals surface area contributed by atoms with Gasteiger partial charge >= 0.3 is 8.60 Å². The lowest BCUT2D eigenvalue weighted by molar-refractivity contribution is 0.0792. The average Bonchev–Trinajstić information content (AvgIpc) is 2.55. The lowest BCUT2D eigenvalue weighted by Crippen LogP contribution is -2.29. The third-order valence-corrected chi connectivity index (χ3v) is 4.33. The number of unbranched alkanes of at least 4 members (excludes halogenated alkanes) is 2. The van der Waals surface area contributed by atoms with Crippen LogP contribution in [0.2, 0.25) is 0 Å². The van der Waals surface area contributed by atoms with Crippen LogP contribution in [0.3, 0.4) is 0 Å². The Kier molecular flexibility index (Phi) is 6.53. The molecule has 0 atom stereocenters. The molecule has 0 saturated carbocycles. The first-order valence-corrected chi connectivity index (χ1v) is 8.83. The Morgan fingerprint density at radius 1 is 0.864 bits per heavy atom. The van der Waals surface area contributed by atoms with E-state index in [9.17, 15) is 9.79 Å². The number of benzene rings is 2. The van der Waals surface area contributed by atoms with Gasteiger partial charge < -0.3 is 9.79 Å². The molecule has 2 aromatic rings. The number of hydrogen-bond donors (Lipinski definition) is 2. The summed E-state index contributed by atoms with van der Waals surface area (Å²) in [5, 5.41) is 0. The van der Waals surface area contributed by atoms with E-state index in [-0.39, 0.29) is 0 Å². The molecule has 0 bridgehead atoms. The van der Waals surface area contributed by atoms with Crippen LogP contribution in [0, 0.1) is 0 Å². The predicted octanol–water partition coefficient (Wildman–Crippen LogP) is 4.74. The van der Waals surface area contributed by atoms with E-state index >= 15 is 0 Å². The van der Waals surface area contributed by atoms with Crippen molar-refractivity contribution in [1.29, 1.82) is 0 Å². The van der Waals surface area contributed by atoms with Crippen LogP contribution in [0.4, 0.5) is 0 Å². The van der Waals surface area contributed by atoms with E-state index < -0.39 is 14.2 Å². The summed E-state index contributed by atoms with van der Waals surface area (Å²) in [5.41, 5.74) is 1.09. The van der Waals surface area contributed by atoms with Crippen molar-refractivity contribution in [3.8, 4) is 0 Å². The highest BCUT2D eigenvalue weighted by atomic mass is 31.2. The molecule has 118 valence electrons. The highest BCUT2D eigenvalue weighted by Crippen LogP contribution is 2.46. The summed E-state index contributed by atoms with van der Waals surface area (Å²) in [7, 11) is -2.46. The van der Waals surface area contributed by atoms with E-state index in [4.69, 9.17) is 4.52 Å². The van der Waals surface area contributed by atoms with Gasteiger partial charge in [0.15, 0.2) is 0 Å². The Morgan fingerprint density at radius 2 is 1.36 bits per heavy atom. The quantitative estimate of drug-likeness (QED) is 0.546. The van der Waals surface area contributed by atoms with Crippen LogP contribution in [0.15, 0.2) is 60.7 Å². The molecular formula is C18H23O3P. The molecule has 0 fully saturated rings. The monoisotopic (exact) mass is 318 g/mol. The van der Waals surface area contributed by atoms with Crippen LogP contribution in [0.1, 0.15) is 43.7 Å². The van der Waals surface area contributed by atoms with Gasteiger partial charge in [-0.2, -0.15) is 0 Å². The van der Waals surface area contributed by atoms with E-state index in [0.717, 1.165) is 36.8 Å². The van der Waals surface area contributed by atoms with Crippen LogP contribution in [0.25, 0.3) is 0 Å². The van der Waals surface area contributed by atoms with Crippen molar-refractivity contribution in [3.63, 3.8) is 0 Å². The fraction of sp³-hybridized carbons (Fsp3) is 0.333. The van der Waals surface area contributed by atoms with Crippen molar-refractivity contribution < 1.29 is 14.3 Å². The van der Waals surface area contributed by atoms with Crippen LogP contribution < -0.4 is 0 Å². The minimum atomic E-state index is -2.46. The molecule has 0 amide bonds. The number of rotatable bonds is 8. The molecule has 3 nitrogen and oxygen atoms in total. The maximum absolute atomic E-state index is 9.57. The van der Waals surface area contributed by atoms with Crippen molar-refractivity contribution in [1.82, 2.24) is 0 Å². The standard InChI is InChI=1S/C18H23O3P/c1-2-3-10-15-18(21-22(19)20,16-11-6-4-7-12-16)17-13-8-5-9-14-17/h4-9,11-14,19-20H,2-3,10,15H2,1H3. The van der Waals surface area contributed by atoms with Crippen molar-refractivity contribution in [2.24, 2.45) is 0 Å². The third-order valence-electron chi connectivity index (χ3n) is 3.85. The zero-order valence-corrected chi connectivity index (χ0v) is 13.7. The van der Waals surface area contributed by atoms with E-state index in [1.165, 1.54) is 0 Å². The minimum absolute atomic E-state index is 0.717. The summed E-state index contributed by atoms with van der Waals surface area (Å²) in [5.74, 6) is 0. The summed E-state index contributed by atoms with van der Waals surface area (Å²) >= 11 is 0. The fourth-order valence-corrected chi connectivity index (χ4v) is 3.37. The maximum atomic E-state index is 9.57. The first-order valence-electron chi connectivity index (χ1n) is 7.67. The smallest absolute Gasteiger partial charge is 0.328 e. The molecule has 0 aromatic heterocycles. The average molecular weight is 318 g/mol. The van der Waals surface area contributed by atoms with Gasteiger partial charge in [-0.15, -0.1) is 0 Å². The summed E-state index contributed by atoms with van der Waals surface area (Å²) in [6.07, 6.45) is 3.87. The second-order valence-electron chi connectivity index (χ2n) is 5.36. The maximum Gasteiger partial charge on any atom is 0.328 e. The molecule has 2 aromatic carbocycles. The van der Waals surface area contributed by atoms with Gasteiger partial charge in [-0.3, -0.25) is 4.52 Å². The van der Waals surface area contributed by atoms with Gasteiger partial charge in [-0.1, -0.05) is 80.4 Å². The van der Waals surface area contributed by atoms with E-state index in [0.29, 0.717) is 0 Å². The van der Waals surface area contributed by atoms with Crippen LogP contribution in [-0.2, 0) is 10.1 Å². The van der Waals surface area contributed by atoms with Gasteiger partial charge in [0.05, 0.1) is 0 Å². The topological polar surface area (TPSA) is 49.7 Å². The van der Waals surface area contributed by atoms with Crippen molar-refractivity contribution in [2.45, 2.75) is 38.2 Å². The summed E-state index contributed by atoms with van der Waals surface area (Å²) in [4.78, 5) is 19.1. The second-order valence-corrected chi connectivity index (χ2v) is 6.05. The molecule has 0 aliphatic rings. The molecular weight excluding hydrogens is 295 g/mol. The van der Waals surface area contributed by atoms with Gasteiger partial charge in [0.1, 0.15) is 5.60 Å². The van der Waals surface area contributed by atoms with Gasteiger partial charge in [-0.25, -0.2) is 0 Å². The zero-order valence-electron chi connectivity index (χ0n) is 12.9. The molecule has 4 heteroatoms. The van der Waals surface area contributed by atoms with E-state index in [1.807, 2.05) is 60.7 Å². The van der Waals surface area contributed by atoms with E-state index in [2.05, 4.69) is 6.92 Å². The Hall–Kier alpha value is -1.25. The molecule has 0 aliphatic carbocycles. The van der Waals surface area contributed by atoms with E-state index in [1.54, 1.807) is 0 Å². The van der Waals surface area contributed by atoms with Crippen LogP contribution in [-0.4, -0.2) is 9.79 Å². The molecule has 0 unspecified atom stereocenters. The molecule has 0 spiro atoms. The van der Waals surface area contributed by atoms with Crippen LogP contribution >= 0.6 is 8.60 Å². The van der Waals surface area contributed by atoms with Crippen molar-refractivity contribution in [3.05, 3.63) is 71.8 Å². The molecule has 22 heavy (non-hydrogen) atoms. The van der Waals surface area contributed by atoms with Crippen molar-refractivity contribution in [2.75, 3.05) is 0 Å². The summed E-state index contributed by atoms with van der Waals surface area (Å²) in [6, 6.07) is 19.6.